The predicted molar refractivity (Wildman–Crippen MR) is 97.5 cm³/mol. The number of ether oxygens (including phenoxy) is 3. The van der Waals surface area contributed by atoms with Crippen molar-refractivity contribution < 1.29 is 27.4 Å². The van der Waals surface area contributed by atoms with Crippen molar-refractivity contribution in [2.45, 2.75) is 11.8 Å². The Morgan fingerprint density at radius 3 is 2.42 bits per heavy atom. The van der Waals surface area contributed by atoms with Crippen LogP contribution in [0.25, 0.3) is 0 Å². The third-order valence-electron chi connectivity index (χ3n) is 3.44. The van der Waals surface area contributed by atoms with Crippen LogP contribution in [-0.4, -0.2) is 35.2 Å². The molecule has 0 saturated heterocycles. The number of carbonyl (C=O) groups is 1. The van der Waals surface area contributed by atoms with Crippen LogP contribution in [0.1, 0.15) is 5.56 Å². The molecule has 140 valence electrons. The Labute approximate surface area is 156 Å². The van der Waals surface area contributed by atoms with E-state index in [4.69, 9.17) is 21.1 Å². The number of esters is 1. The van der Waals surface area contributed by atoms with Crippen molar-refractivity contribution >= 4 is 33.3 Å². The summed E-state index contributed by atoms with van der Waals surface area (Å²) in [6.45, 7) is 1.41. The van der Waals surface area contributed by atoms with Crippen LogP contribution in [0, 0.1) is 6.92 Å². The normalized spacial score (nSPS) is 10.9. The molecule has 0 aliphatic rings. The quantitative estimate of drug-likeness (QED) is 0.719. The number of hydrogen-bond acceptors (Lipinski definition) is 6. The lowest BCUT2D eigenvalue weighted by Crippen LogP contribution is -2.15. The van der Waals surface area contributed by atoms with E-state index >= 15 is 0 Å². The third-order valence-corrected chi connectivity index (χ3v) is 5.03. The number of sulfonamides is 1. The maximum Gasteiger partial charge on any atom is 0.343 e. The molecule has 0 aromatic heterocycles. The van der Waals surface area contributed by atoms with Crippen LogP contribution >= 0.6 is 11.6 Å². The van der Waals surface area contributed by atoms with Crippen molar-refractivity contribution in [1.82, 2.24) is 0 Å². The Morgan fingerprint density at radius 2 is 1.81 bits per heavy atom. The number of halogens is 1. The highest BCUT2D eigenvalue weighted by atomic mass is 35.5. The predicted octanol–water partition coefficient (Wildman–Crippen LogP) is 3.01. The van der Waals surface area contributed by atoms with E-state index in [0.717, 1.165) is 0 Å². The molecule has 0 atom stereocenters. The van der Waals surface area contributed by atoms with Gasteiger partial charge in [0.1, 0.15) is 11.5 Å². The lowest BCUT2D eigenvalue weighted by Gasteiger charge is -2.14. The van der Waals surface area contributed by atoms with Crippen molar-refractivity contribution in [1.29, 1.82) is 0 Å². The molecule has 9 heteroatoms. The monoisotopic (exact) mass is 399 g/mol. The fourth-order valence-electron chi connectivity index (χ4n) is 2.11. The van der Waals surface area contributed by atoms with Crippen molar-refractivity contribution in [3.63, 3.8) is 0 Å². The maximum absolute atomic E-state index is 12.6. The molecule has 0 radical (unpaired) electrons. The smallest absolute Gasteiger partial charge is 0.343 e. The summed E-state index contributed by atoms with van der Waals surface area (Å²) in [5.74, 6) is 0.193. The Bertz CT molecular complexity index is 913. The Balaban J connectivity index is 2.25. The van der Waals surface area contributed by atoms with Gasteiger partial charge in [0, 0.05) is 5.02 Å². The number of nitrogens with one attached hydrogen (secondary N) is 1. The van der Waals surface area contributed by atoms with Gasteiger partial charge in [0.05, 0.1) is 24.8 Å². The number of hydrogen-bond donors (Lipinski definition) is 1. The van der Waals surface area contributed by atoms with Gasteiger partial charge in [-0.05, 0) is 48.9 Å². The van der Waals surface area contributed by atoms with Crippen LogP contribution in [-0.2, 0) is 19.6 Å². The first-order valence-electron chi connectivity index (χ1n) is 7.43. The standard InChI is InChI=1S/C17H18ClNO6S/c1-11-8-13(5-7-15(11)25-10-17(20)24-3)26(21,22)19-14-9-12(18)4-6-16(14)23-2/h4-9,19H,10H2,1-3H3. The molecule has 0 heterocycles. The fraction of sp³-hybridized carbons (Fsp3) is 0.235. The van der Waals surface area contributed by atoms with E-state index in [2.05, 4.69) is 9.46 Å². The number of anilines is 1. The van der Waals surface area contributed by atoms with Gasteiger partial charge >= 0.3 is 5.97 Å². The molecule has 2 rings (SSSR count). The van der Waals surface area contributed by atoms with Crippen LogP contribution in [0.15, 0.2) is 41.3 Å². The molecule has 0 aliphatic heterocycles. The molecule has 26 heavy (non-hydrogen) atoms. The topological polar surface area (TPSA) is 90.9 Å². The van der Waals surface area contributed by atoms with Gasteiger partial charge in [-0.1, -0.05) is 11.6 Å². The van der Waals surface area contributed by atoms with Crippen molar-refractivity contribution in [3.8, 4) is 11.5 Å². The number of aryl methyl sites for hydroxylation is 1. The molecule has 0 spiro atoms. The van der Waals surface area contributed by atoms with E-state index in [-0.39, 0.29) is 17.2 Å². The van der Waals surface area contributed by atoms with E-state index < -0.39 is 16.0 Å². The molecule has 2 aromatic rings. The van der Waals surface area contributed by atoms with E-state index in [9.17, 15) is 13.2 Å². The van der Waals surface area contributed by atoms with Crippen molar-refractivity contribution in [2.24, 2.45) is 0 Å². The summed E-state index contributed by atoms with van der Waals surface area (Å²) < 4.78 is 42.6. The minimum atomic E-state index is -3.87. The number of rotatable bonds is 7. The lowest BCUT2D eigenvalue weighted by atomic mass is 10.2. The van der Waals surface area contributed by atoms with Gasteiger partial charge in [0.2, 0.25) is 0 Å². The highest BCUT2D eigenvalue weighted by Crippen LogP contribution is 2.30. The zero-order valence-corrected chi connectivity index (χ0v) is 16.0. The van der Waals surface area contributed by atoms with Gasteiger partial charge in [-0.3, -0.25) is 4.72 Å². The number of methoxy groups -OCH3 is 2. The molecule has 0 amide bonds. The highest BCUT2D eigenvalue weighted by Gasteiger charge is 2.18. The maximum atomic E-state index is 12.6. The molecule has 0 unspecified atom stereocenters. The van der Waals surface area contributed by atoms with Gasteiger partial charge in [-0.15, -0.1) is 0 Å². The largest absolute Gasteiger partial charge is 0.495 e. The second-order valence-corrected chi connectivity index (χ2v) is 7.36. The van der Waals surface area contributed by atoms with Crippen molar-refractivity contribution in [3.05, 3.63) is 47.0 Å². The van der Waals surface area contributed by atoms with Gasteiger partial charge in [0.15, 0.2) is 6.61 Å². The summed E-state index contributed by atoms with van der Waals surface area (Å²) in [5.41, 5.74) is 0.776. The Kier molecular flexibility index (Phi) is 6.33. The van der Waals surface area contributed by atoms with Crippen LogP contribution in [0.3, 0.4) is 0 Å². The van der Waals surface area contributed by atoms with Crippen molar-refractivity contribution in [2.75, 3.05) is 25.5 Å². The van der Waals surface area contributed by atoms with E-state index in [1.807, 2.05) is 0 Å². The van der Waals surface area contributed by atoms with Crippen LogP contribution in [0.4, 0.5) is 5.69 Å². The lowest BCUT2D eigenvalue weighted by molar-refractivity contribution is -0.142. The molecule has 0 bridgehead atoms. The van der Waals surface area contributed by atoms with Gasteiger partial charge in [0.25, 0.3) is 10.0 Å². The third kappa shape index (κ3) is 4.80. The summed E-state index contributed by atoms with van der Waals surface area (Å²) in [5, 5.41) is 0.367. The SMILES string of the molecule is COC(=O)COc1ccc(S(=O)(=O)Nc2cc(Cl)ccc2OC)cc1C. The first-order chi connectivity index (χ1) is 12.3. The van der Waals surface area contributed by atoms with Crippen LogP contribution in [0.5, 0.6) is 11.5 Å². The Morgan fingerprint density at radius 1 is 1.12 bits per heavy atom. The molecule has 7 nitrogen and oxygen atoms in total. The number of benzene rings is 2. The summed E-state index contributed by atoms with van der Waals surface area (Å²) >= 11 is 5.92. The van der Waals surface area contributed by atoms with Gasteiger partial charge < -0.3 is 14.2 Å². The molecule has 1 N–H and O–H groups in total. The molecule has 0 fully saturated rings. The molecule has 0 aliphatic carbocycles. The first kappa shape index (κ1) is 19.9. The van der Waals surface area contributed by atoms with E-state index in [1.54, 1.807) is 19.1 Å². The zero-order valence-electron chi connectivity index (χ0n) is 14.4. The molecule has 0 saturated carbocycles. The zero-order chi connectivity index (χ0) is 19.3. The van der Waals surface area contributed by atoms with E-state index in [0.29, 0.717) is 22.1 Å². The average molecular weight is 400 g/mol. The molecular formula is C17H18ClNO6S. The Hall–Kier alpha value is -2.45. The molecular weight excluding hydrogens is 382 g/mol. The summed E-state index contributed by atoms with van der Waals surface area (Å²) in [6.07, 6.45) is 0. The van der Waals surface area contributed by atoms with Gasteiger partial charge in [-0.25, -0.2) is 13.2 Å². The van der Waals surface area contributed by atoms with E-state index in [1.165, 1.54) is 38.5 Å². The molecule has 2 aromatic carbocycles. The average Bonchev–Trinajstić information content (AvgIpc) is 2.60. The first-order valence-corrected chi connectivity index (χ1v) is 9.29. The second-order valence-electron chi connectivity index (χ2n) is 5.24. The summed E-state index contributed by atoms with van der Waals surface area (Å²) in [7, 11) is -1.19. The summed E-state index contributed by atoms with van der Waals surface area (Å²) in [4.78, 5) is 11.2. The number of carbonyl (C=O) groups excluding carboxylic acids is 1. The minimum absolute atomic E-state index is 0.0300. The van der Waals surface area contributed by atoms with Crippen LogP contribution in [0.2, 0.25) is 5.02 Å². The van der Waals surface area contributed by atoms with Gasteiger partial charge in [-0.2, -0.15) is 0 Å². The van der Waals surface area contributed by atoms with Crippen LogP contribution < -0.4 is 14.2 Å². The fourth-order valence-corrected chi connectivity index (χ4v) is 3.43. The second kappa shape index (κ2) is 8.29. The minimum Gasteiger partial charge on any atom is -0.495 e. The highest BCUT2D eigenvalue weighted by molar-refractivity contribution is 7.92. The summed E-state index contributed by atoms with van der Waals surface area (Å²) in [6, 6.07) is 8.90.